The van der Waals surface area contributed by atoms with Gasteiger partial charge in [0.05, 0.1) is 17.7 Å². The summed E-state index contributed by atoms with van der Waals surface area (Å²) in [5, 5.41) is 0. The molecule has 70 valence electrons. The molecule has 0 aliphatic carbocycles. The lowest BCUT2D eigenvalue weighted by Gasteiger charge is -2.06. The lowest BCUT2D eigenvalue weighted by Crippen LogP contribution is -2.01. The number of hydrogen-bond acceptors (Lipinski definition) is 2. The molecule has 0 radical (unpaired) electrons. The molecule has 0 spiro atoms. The van der Waals surface area contributed by atoms with Crippen molar-refractivity contribution in [3.63, 3.8) is 0 Å². The van der Waals surface area contributed by atoms with Crippen LogP contribution < -0.4 is 4.74 Å². The Morgan fingerprint density at radius 2 is 2.15 bits per heavy atom. The Hall–Kier alpha value is -0.610. The smallest absolute Gasteiger partial charge is 0.141 e. The fourth-order valence-electron chi connectivity index (χ4n) is 1.21. The van der Waals surface area contributed by atoms with Crippen molar-refractivity contribution in [2.45, 2.75) is 6.61 Å². The van der Waals surface area contributed by atoms with Gasteiger partial charge in [0.2, 0.25) is 0 Å². The van der Waals surface area contributed by atoms with Gasteiger partial charge in [0.15, 0.2) is 0 Å². The SMILES string of the molecule is Fc1cc2c(cc1Br)COCCO2. The number of halogens is 2. The van der Waals surface area contributed by atoms with Crippen LogP contribution in [-0.4, -0.2) is 13.2 Å². The number of fused-ring (bicyclic) bond motifs is 1. The summed E-state index contributed by atoms with van der Waals surface area (Å²) in [6.45, 7) is 1.51. The lowest BCUT2D eigenvalue weighted by molar-refractivity contribution is 0.107. The average Bonchev–Trinajstić information content (AvgIpc) is 2.31. The molecule has 0 atom stereocenters. The first-order chi connectivity index (χ1) is 6.27. The first-order valence-corrected chi connectivity index (χ1v) is 4.75. The second-order valence-electron chi connectivity index (χ2n) is 2.78. The quantitative estimate of drug-likeness (QED) is 0.701. The van der Waals surface area contributed by atoms with Crippen LogP contribution in [0.5, 0.6) is 5.75 Å². The van der Waals surface area contributed by atoms with Gasteiger partial charge in [-0.15, -0.1) is 0 Å². The third kappa shape index (κ3) is 1.84. The molecule has 0 unspecified atom stereocenters. The zero-order valence-electron chi connectivity index (χ0n) is 6.85. The van der Waals surface area contributed by atoms with Gasteiger partial charge in [-0.1, -0.05) is 0 Å². The summed E-state index contributed by atoms with van der Waals surface area (Å²) in [6, 6.07) is 3.07. The fourth-order valence-corrected chi connectivity index (χ4v) is 1.60. The first-order valence-electron chi connectivity index (χ1n) is 3.96. The highest BCUT2D eigenvalue weighted by molar-refractivity contribution is 9.10. The molecule has 1 aromatic carbocycles. The van der Waals surface area contributed by atoms with Gasteiger partial charge in [0.1, 0.15) is 18.2 Å². The molecule has 1 aliphatic heterocycles. The molecule has 0 bridgehead atoms. The van der Waals surface area contributed by atoms with E-state index in [-0.39, 0.29) is 5.82 Å². The van der Waals surface area contributed by atoms with E-state index in [1.807, 2.05) is 0 Å². The predicted octanol–water partition coefficient (Wildman–Crippen LogP) is 2.50. The molecule has 1 aliphatic rings. The Bertz CT molecular complexity index is 297. The maximum Gasteiger partial charge on any atom is 0.141 e. The second kappa shape index (κ2) is 3.64. The molecule has 0 fully saturated rings. The molecule has 1 aromatic rings. The van der Waals surface area contributed by atoms with E-state index in [1.54, 1.807) is 6.07 Å². The van der Waals surface area contributed by atoms with Crippen molar-refractivity contribution in [3.8, 4) is 5.75 Å². The molecule has 2 rings (SSSR count). The van der Waals surface area contributed by atoms with E-state index in [4.69, 9.17) is 9.47 Å². The van der Waals surface area contributed by atoms with Crippen LogP contribution in [0.4, 0.5) is 4.39 Å². The lowest BCUT2D eigenvalue weighted by atomic mass is 10.2. The van der Waals surface area contributed by atoms with Gasteiger partial charge in [-0.25, -0.2) is 4.39 Å². The summed E-state index contributed by atoms with van der Waals surface area (Å²) in [6.07, 6.45) is 0. The van der Waals surface area contributed by atoms with Gasteiger partial charge >= 0.3 is 0 Å². The molecule has 4 heteroatoms. The standard InChI is InChI=1S/C9H8BrFO2/c10-7-3-6-5-12-1-2-13-9(6)4-8(7)11/h3-4H,1-2,5H2. The molecule has 1 heterocycles. The van der Waals surface area contributed by atoms with Crippen LogP contribution in [0.2, 0.25) is 0 Å². The molecule has 0 N–H and O–H groups in total. The molecule has 0 saturated heterocycles. The van der Waals surface area contributed by atoms with Crippen molar-refractivity contribution >= 4 is 15.9 Å². The van der Waals surface area contributed by atoms with Crippen LogP contribution in [0.25, 0.3) is 0 Å². The van der Waals surface area contributed by atoms with Crippen LogP contribution in [0, 0.1) is 5.82 Å². The Morgan fingerprint density at radius 3 is 3.00 bits per heavy atom. The van der Waals surface area contributed by atoms with Crippen LogP contribution in [-0.2, 0) is 11.3 Å². The van der Waals surface area contributed by atoms with Crippen molar-refractivity contribution in [1.29, 1.82) is 0 Å². The summed E-state index contributed by atoms with van der Waals surface area (Å²) < 4.78 is 24.1. The van der Waals surface area contributed by atoms with Gasteiger partial charge < -0.3 is 9.47 Å². The Morgan fingerprint density at radius 1 is 1.31 bits per heavy atom. The van der Waals surface area contributed by atoms with E-state index in [0.717, 1.165) is 5.56 Å². The molecule has 0 aromatic heterocycles. The third-order valence-electron chi connectivity index (χ3n) is 1.85. The first kappa shape index (κ1) is 8.97. The second-order valence-corrected chi connectivity index (χ2v) is 3.63. The normalized spacial score (nSPS) is 15.8. The van der Waals surface area contributed by atoms with Gasteiger partial charge in [-0.2, -0.15) is 0 Å². The Labute approximate surface area is 83.8 Å². The highest BCUT2D eigenvalue weighted by Gasteiger charge is 2.12. The van der Waals surface area contributed by atoms with Crippen LogP contribution in [0.1, 0.15) is 5.56 Å². The molecule has 0 amide bonds. The zero-order chi connectivity index (χ0) is 9.26. The van der Waals surface area contributed by atoms with Gasteiger partial charge in [0, 0.05) is 11.6 Å². The van der Waals surface area contributed by atoms with E-state index in [2.05, 4.69) is 15.9 Å². The minimum absolute atomic E-state index is 0.305. The minimum atomic E-state index is -0.305. The maximum absolute atomic E-state index is 13.1. The summed E-state index contributed by atoms with van der Waals surface area (Å²) >= 11 is 3.11. The molecular weight excluding hydrogens is 239 g/mol. The van der Waals surface area contributed by atoms with E-state index < -0.39 is 0 Å². The van der Waals surface area contributed by atoms with Gasteiger partial charge in [-0.3, -0.25) is 0 Å². The number of hydrogen-bond donors (Lipinski definition) is 0. The van der Waals surface area contributed by atoms with Crippen LogP contribution >= 0.6 is 15.9 Å². The van der Waals surface area contributed by atoms with E-state index in [1.165, 1.54) is 6.07 Å². The molecule has 13 heavy (non-hydrogen) atoms. The average molecular weight is 247 g/mol. The van der Waals surface area contributed by atoms with Crippen molar-refractivity contribution < 1.29 is 13.9 Å². The Kier molecular flexibility index (Phi) is 2.51. The zero-order valence-corrected chi connectivity index (χ0v) is 8.43. The summed E-state index contributed by atoms with van der Waals surface area (Å²) in [4.78, 5) is 0. The number of rotatable bonds is 0. The molecular formula is C9H8BrFO2. The minimum Gasteiger partial charge on any atom is -0.491 e. The van der Waals surface area contributed by atoms with E-state index >= 15 is 0 Å². The van der Waals surface area contributed by atoms with Crippen molar-refractivity contribution in [2.75, 3.05) is 13.2 Å². The monoisotopic (exact) mass is 246 g/mol. The number of ether oxygens (including phenoxy) is 2. The highest BCUT2D eigenvalue weighted by atomic mass is 79.9. The van der Waals surface area contributed by atoms with Crippen molar-refractivity contribution in [1.82, 2.24) is 0 Å². The van der Waals surface area contributed by atoms with Crippen LogP contribution in [0.15, 0.2) is 16.6 Å². The number of benzene rings is 1. The summed E-state index contributed by atoms with van der Waals surface area (Å²) in [5.41, 5.74) is 0.880. The van der Waals surface area contributed by atoms with Crippen molar-refractivity contribution in [3.05, 3.63) is 28.0 Å². The molecule has 2 nitrogen and oxygen atoms in total. The highest BCUT2D eigenvalue weighted by Crippen LogP contribution is 2.28. The summed E-state index contributed by atoms with van der Waals surface area (Å²) in [7, 11) is 0. The van der Waals surface area contributed by atoms with Crippen molar-refractivity contribution in [2.24, 2.45) is 0 Å². The van der Waals surface area contributed by atoms with Gasteiger partial charge in [0.25, 0.3) is 0 Å². The van der Waals surface area contributed by atoms with E-state index in [0.29, 0.717) is 30.0 Å². The fraction of sp³-hybridized carbons (Fsp3) is 0.333. The third-order valence-corrected chi connectivity index (χ3v) is 2.45. The largest absolute Gasteiger partial charge is 0.491 e. The maximum atomic E-state index is 13.1. The summed E-state index contributed by atoms with van der Waals surface area (Å²) in [5.74, 6) is 0.277. The van der Waals surface area contributed by atoms with Gasteiger partial charge in [-0.05, 0) is 22.0 Å². The predicted molar refractivity (Wildman–Crippen MR) is 49.3 cm³/mol. The molecule has 0 saturated carbocycles. The Balaban J connectivity index is 2.43. The van der Waals surface area contributed by atoms with E-state index in [9.17, 15) is 4.39 Å². The topological polar surface area (TPSA) is 18.5 Å². The van der Waals surface area contributed by atoms with Crippen LogP contribution in [0.3, 0.4) is 0 Å².